The fourth-order valence-electron chi connectivity index (χ4n) is 3.43. The summed E-state index contributed by atoms with van der Waals surface area (Å²) in [6.07, 6.45) is 11.4. The van der Waals surface area contributed by atoms with Crippen molar-refractivity contribution < 1.29 is 0 Å². The standard InChI is InChI=1S/C15H25N3/c1-12(16-2)15(8-9-15)11-13-7-10-18(17-13)14-5-3-4-6-14/h7,10,12,14,16H,3-6,8-9,11H2,1-2H3. The molecule has 3 rings (SSSR count). The van der Waals surface area contributed by atoms with Crippen molar-refractivity contribution in [2.24, 2.45) is 5.41 Å². The van der Waals surface area contributed by atoms with Gasteiger partial charge in [0.1, 0.15) is 0 Å². The van der Waals surface area contributed by atoms with Gasteiger partial charge in [-0.15, -0.1) is 0 Å². The van der Waals surface area contributed by atoms with Gasteiger partial charge in [0.15, 0.2) is 0 Å². The van der Waals surface area contributed by atoms with Crippen LogP contribution in [0.5, 0.6) is 0 Å². The fourth-order valence-corrected chi connectivity index (χ4v) is 3.43. The zero-order valence-electron chi connectivity index (χ0n) is 11.7. The summed E-state index contributed by atoms with van der Waals surface area (Å²) in [6, 6.07) is 3.52. The Balaban J connectivity index is 1.67. The van der Waals surface area contributed by atoms with Crippen LogP contribution in [-0.4, -0.2) is 22.9 Å². The highest BCUT2D eigenvalue weighted by Crippen LogP contribution is 2.51. The minimum atomic E-state index is 0.490. The van der Waals surface area contributed by atoms with Gasteiger partial charge in [-0.05, 0) is 57.6 Å². The maximum atomic E-state index is 4.82. The second-order valence-electron chi connectivity index (χ2n) is 6.27. The summed E-state index contributed by atoms with van der Waals surface area (Å²) in [4.78, 5) is 0. The Hall–Kier alpha value is -0.830. The van der Waals surface area contributed by atoms with Crippen molar-refractivity contribution in [1.82, 2.24) is 15.1 Å². The van der Waals surface area contributed by atoms with Gasteiger partial charge in [-0.25, -0.2) is 0 Å². The quantitative estimate of drug-likeness (QED) is 0.867. The topological polar surface area (TPSA) is 29.9 Å². The predicted octanol–water partition coefficient (Wildman–Crippen LogP) is 2.93. The molecule has 2 saturated carbocycles. The van der Waals surface area contributed by atoms with E-state index in [2.05, 4.69) is 36.2 Å². The minimum absolute atomic E-state index is 0.490. The molecule has 0 bridgehead atoms. The van der Waals surface area contributed by atoms with E-state index in [1.54, 1.807) is 0 Å². The SMILES string of the molecule is CNC(C)C1(Cc2ccn(C3CCCC3)n2)CC1. The summed E-state index contributed by atoms with van der Waals surface area (Å²) in [6.45, 7) is 2.31. The lowest BCUT2D eigenvalue weighted by molar-refractivity contribution is 0.362. The van der Waals surface area contributed by atoms with Crippen molar-refractivity contribution in [3.63, 3.8) is 0 Å². The first-order valence-corrected chi connectivity index (χ1v) is 7.45. The molecular formula is C15H25N3. The molecule has 2 aliphatic rings. The normalized spacial score (nSPS) is 24.3. The summed E-state index contributed by atoms with van der Waals surface area (Å²) in [5.74, 6) is 0. The maximum absolute atomic E-state index is 4.82. The van der Waals surface area contributed by atoms with E-state index in [-0.39, 0.29) is 0 Å². The summed E-state index contributed by atoms with van der Waals surface area (Å²) in [7, 11) is 2.07. The number of aromatic nitrogens is 2. The van der Waals surface area contributed by atoms with Crippen LogP contribution < -0.4 is 5.32 Å². The third-order valence-corrected chi connectivity index (χ3v) is 5.14. The fraction of sp³-hybridized carbons (Fsp3) is 0.800. The smallest absolute Gasteiger partial charge is 0.0630 e. The van der Waals surface area contributed by atoms with Crippen molar-refractivity contribution in [2.45, 2.75) is 64.0 Å². The van der Waals surface area contributed by atoms with Crippen LogP contribution in [0.3, 0.4) is 0 Å². The third kappa shape index (κ3) is 2.20. The molecule has 1 aromatic heterocycles. The van der Waals surface area contributed by atoms with Crippen LogP contribution in [0.4, 0.5) is 0 Å². The van der Waals surface area contributed by atoms with Crippen molar-refractivity contribution in [3.05, 3.63) is 18.0 Å². The molecule has 0 aliphatic heterocycles. The molecule has 100 valence electrons. The van der Waals surface area contributed by atoms with Crippen LogP contribution in [0.25, 0.3) is 0 Å². The number of nitrogens with zero attached hydrogens (tertiary/aromatic N) is 2. The molecule has 18 heavy (non-hydrogen) atoms. The molecule has 0 spiro atoms. The molecule has 1 atom stereocenters. The highest BCUT2D eigenvalue weighted by atomic mass is 15.3. The molecule has 1 aromatic rings. The summed E-state index contributed by atoms with van der Waals surface area (Å²) in [5.41, 5.74) is 1.78. The van der Waals surface area contributed by atoms with Crippen molar-refractivity contribution in [3.8, 4) is 0 Å². The van der Waals surface area contributed by atoms with E-state index in [1.807, 2.05) is 0 Å². The van der Waals surface area contributed by atoms with Crippen LogP contribution in [0.15, 0.2) is 12.3 Å². The second kappa shape index (κ2) is 4.69. The van der Waals surface area contributed by atoms with E-state index in [9.17, 15) is 0 Å². The minimum Gasteiger partial charge on any atom is -0.317 e. The number of hydrogen-bond acceptors (Lipinski definition) is 2. The Morgan fingerprint density at radius 1 is 1.44 bits per heavy atom. The van der Waals surface area contributed by atoms with Crippen molar-refractivity contribution >= 4 is 0 Å². The Kier molecular flexibility index (Phi) is 3.18. The average molecular weight is 247 g/mol. The zero-order valence-corrected chi connectivity index (χ0v) is 11.7. The van der Waals surface area contributed by atoms with E-state index in [0.29, 0.717) is 17.5 Å². The molecule has 2 aliphatic carbocycles. The first-order chi connectivity index (χ1) is 8.73. The maximum Gasteiger partial charge on any atom is 0.0630 e. The van der Waals surface area contributed by atoms with E-state index in [1.165, 1.54) is 44.2 Å². The summed E-state index contributed by atoms with van der Waals surface area (Å²) in [5, 5.41) is 8.24. The molecule has 0 amide bonds. The van der Waals surface area contributed by atoms with Gasteiger partial charge in [-0.2, -0.15) is 5.10 Å². The number of rotatable bonds is 5. The third-order valence-electron chi connectivity index (χ3n) is 5.14. The van der Waals surface area contributed by atoms with Gasteiger partial charge in [0.2, 0.25) is 0 Å². The Morgan fingerprint density at radius 2 is 2.17 bits per heavy atom. The molecular weight excluding hydrogens is 222 g/mol. The van der Waals surface area contributed by atoms with Crippen molar-refractivity contribution in [2.75, 3.05) is 7.05 Å². The van der Waals surface area contributed by atoms with E-state index in [4.69, 9.17) is 5.10 Å². The molecule has 0 radical (unpaired) electrons. The van der Waals surface area contributed by atoms with Gasteiger partial charge < -0.3 is 5.32 Å². The van der Waals surface area contributed by atoms with E-state index >= 15 is 0 Å². The van der Waals surface area contributed by atoms with Crippen LogP contribution in [-0.2, 0) is 6.42 Å². The van der Waals surface area contributed by atoms with E-state index in [0.717, 1.165) is 6.42 Å². The van der Waals surface area contributed by atoms with Crippen LogP contribution in [0.2, 0.25) is 0 Å². The van der Waals surface area contributed by atoms with Gasteiger partial charge in [-0.1, -0.05) is 12.8 Å². The molecule has 1 heterocycles. The molecule has 0 saturated heterocycles. The molecule has 1 unspecified atom stereocenters. The highest BCUT2D eigenvalue weighted by Gasteiger charge is 2.47. The van der Waals surface area contributed by atoms with Gasteiger partial charge in [0.05, 0.1) is 11.7 Å². The number of hydrogen-bond donors (Lipinski definition) is 1. The lowest BCUT2D eigenvalue weighted by Crippen LogP contribution is -2.33. The van der Waals surface area contributed by atoms with Crippen molar-refractivity contribution in [1.29, 1.82) is 0 Å². The van der Waals surface area contributed by atoms with Gasteiger partial charge >= 0.3 is 0 Å². The summed E-state index contributed by atoms with van der Waals surface area (Å²) >= 11 is 0. The number of nitrogens with one attached hydrogen (secondary N) is 1. The lowest BCUT2D eigenvalue weighted by Gasteiger charge is -2.21. The Labute approximate surface area is 110 Å². The lowest BCUT2D eigenvalue weighted by atomic mass is 9.92. The molecule has 3 nitrogen and oxygen atoms in total. The first-order valence-electron chi connectivity index (χ1n) is 7.45. The second-order valence-corrected chi connectivity index (χ2v) is 6.27. The van der Waals surface area contributed by atoms with Crippen LogP contribution >= 0.6 is 0 Å². The molecule has 0 aromatic carbocycles. The van der Waals surface area contributed by atoms with Gasteiger partial charge in [0.25, 0.3) is 0 Å². The monoisotopic (exact) mass is 247 g/mol. The molecule has 2 fully saturated rings. The van der Waals surface area contributed by atoms with Gasteiger partial charge in [0, 0.05) is 12.2 Å². The summed E-state index contributed by atoms with van der Waals surface area (Å²) < 4.78 is 2.22. The zero-order chi connectivity index (χ0) is 12.6. The average Bonchev–Trinajstić information content (AvgIpc) is 2.84. The van der Waals surface area contributed by atoms with E-state index < -0.39 is 0 Å². The van der Waals surface area contributed by atoms with Crippen LogP contribution in [0.1, 0.15) is 57.2 Å². The largest absolute Gasteiger partial charge is 0.317 e. The molecule has 1 N–H and O–H groups in total. The first kappa shape index (κ1) is 12.2. The Morgan fingerprint density at radius 3 is 2.78 bits per heavy atom. The van der Waals surface area contributed by atoms with Crippen LogP contribution in [0, 0.1) is 5.41 Å². The Bertz CT molecular complexity index is 400. The predicted molar refractivity (Wildman–Crippen MR) is 73.6 cm³/mol. The molecule has 3 heteroatoms. The van der Waals surface area contributed by atoms with Gasteiger partial charge in [-0.3, -0.25) is 4.68 Å². The highest BCUT2D eigenvalue weighted by molar-refractivity contribution is 5.11.